The van der Waals surface area contributed by atoms with Crippen LogP contribution in [0.2, 0.25) is 0 Å². The van der Waals surface area contributed by atoms with Crippen LogP contribution in [-0.2, 0) is 14.3 Å². The van der Waals surface area contributed by atoms with Gasteiger partial charge in [0.15, 0.2) is 5.82 Å². The summed E-state index contributed by atoms with van der Waals surface area (Å²) in [6, 6.07) is 1.68. The van der Waals surface area contributed by atoms with Gasteiger partial charge in [-0.15, -0.1) is 0 Å². The summed E-state index contributed by atoms with van der Waals surface area (Å²) >= 11 is 0. The minimum absolute atomic E-state index is 0.0566. The van der Waals surface area contributed by atoms with E-state index in [0.717, 1.165) is 0 Å². The number of morpholine rings is 1. The van der Waals surface area contributed by atoms with Gasteiger partial charge < -0.3 is 19.3 Å². The van der Waals surface area contributed by atoms with E-state index in [2.05, 4.69) is 4.98 Å². The Labute approximate surface area is 156 Å². The zero-order valence-corrected chi connectivity index (χ0v) is 15.1. The Balaban J connectivity index is 1.35. The summed E-state index contributed by atoms with van der Waals surface area (Å²) in [5, 5.41) is 0. The van der Waals surface area contributed by atoms with Gasteiger partial charge in [0.05, 0.1) is 30.6 Å². The summed E-state index contributed by atoms with van der Waals surface area (Å²) in [5.41, 5.74) is 0.163. The van der Waals surface area contributed by atoms with Gasteiger partial charge in [0.2, 0.25) is 5.91 Å². The van der Waals surface area contributed by atoms with Crippen LogP contribution in [0, 0.1) is 5.82 Å². The number of amides is 2. The number of nitrogens with zero attached hydrogens (tertiary/aromatic N) is 4. The highest BCUT2D eigenvalue weighted by atomic mass is 19.1. The Hall–Kier alpha value is -2.42. The fourth-order valence-electron chi connectivity index (χ4n) is 3.97. The third-order valence-corrected chi connectivity index (χ3v) is 5.54. The van der Waals surface area contributed by atoms with Gasteiger partial charge in [0.1, 0.15) is 13.2 Å². The Morgan fingerprint density at radius 3 is 2.74 bits per heavy atom. The van der Waals surface area contributed by atoms with Crippen LogP contribution in [0.15, 0.2) is 18.5 Å². The smallest absolute Gasteiger partial charge is 0.410 e. The summed E-state index contributed by atoms with van der Waals surface area (Å²) < 4.78 is 25.0. The van der Waals surface area contributed by atoms with Gasteiger partial charge in [-0.2, -0.15) is 0 Å². The van der Waals surface area contributed by atoms with Crippen molar-refractivity contribution in [3.8, 4) is 0 Å². The van der Waals surface area contributed by atoms with Crippen LogP contribution in [-0.4, -0.2) is 84.9 Å². The van der Waals surface area contributed by atoms with Crippen molar-refractivity contribution >= 4 is 17.7 Å². The van der Waals surface area contributed by atoms with E-state index in [1.807, 2.05) is 4.90 Å². The van der Waals surface area contributed by atoms with Gasteiger partial charge >= 0.3 is 6.09 Å². The lowest BCUT2D eigenvalue weighted by Crippen LogP contribution is -2.58. The topological polar surface area (TPSA) is 75.2 Å². The lowest BCUT2D eigenvalue weighted by atomic mass is 9.89. The summed E-state index contributed by atoms with van der Waals surface area (Å²) in [6.07, 6.45) is 3.76. The molecule has 0 saturated carbocycles. The third kappa shape index (κ3) is 3.69. The molecule has 9 heteroatoms. The molecule has 4 heterocycles. The number of cyclic esters (lactones) is 1. The number of aromatic nitrogens is 1. The lowest BCUT2D eigenvalue weighted by Gasteiger charge is -2.48. The predicted molar refractivity (Wildman–Crippen MR) is 93.8 cm³/mol. The van der Waals surface area contributed by atoms with Crippen LogP contribution in [0.4, 0.5) is 14.9 Å². The maximum absolute atomic E-state index is 14.1. The maximum Gasteiger partial charge on any atom is 0.410 e. The molecule has 3 aliphatic rings. The van der Waals surface area contributed by atoms with Crippen LogP contribution in [0.1, 0.15) is 12.8 Å². The van der Waals surface area contributed by atoms with Crippen LogP contribution in [0.25, 0.3) is 0 Å². The first-order valence-corrected chi connectivity index (χ1v) is 9.24. The van der Waals surface area contributed by atoms with Gasteiger partial charge in [0, 0.05) is 32.4 Å². The first-order chi connectivity index (χ1) is 13.1. The molecular formula is C18H23FN4O4. The number of carbonyl (C=O) groups excluding carboxylic acids is 2. The van der Waals surface area contributed by atoms with Crippen LogP contribution in [0.3, 0.4) is 0 Å². The van der Waals surface area contributed by atoms with Crippen molar-refractivity contribution in [1.29, 1.82) is 0 Å². The van der Waals surface area contributed by atoms with Crippen molar-refractivity contribution in [2.24, 2.45) is 0 Å². The molecule has 0 bridgehead atoms. The molecule has 8 nitrogen and oxygen atoms in total. The number of anilines is 1. The second-order valence-electron chi connectivity index (χ2n) is 7.20. The Kier molecular flexibility index (Phi) is 4.86. The lowest BCUT2D eigenvalue weighted by molar-refractivity contribution is -0.139. The molecule has 2 amide bonds. The van der Waals surface area contributed by atoms with Crippen molar-refractivity contribution < 1.29 is 23.5 Å². The number of hydrogen-bond acceptors (Lipinski definition) is 6. The summed E-state index contributed by atoms with van der Waals surface area (Å²) in [4.78, 5) is 33.0. The first-order valence-electron chi connectivity index (χ1n) is 9.24. The molecule has 146 valence electrons. The number of hydrogen-bond donors (Lipinski definition) is 0. The van der Waals surface area contributed by atoms with Gasteiger partial charge in [-0.1, -0.05) is 0 Å². The average Bonchev–Trinajstić information content (AvgIpc) is 3.07. The SMILES string of the molecule is O=C(CN1CCOC1=O)N1CCC2(CC1)CN(c1ccncc1F)CCO2. The van der Waals surface area contributed by atoms with E-state index in [4.69, 9.17) is 9.47 Å². The molecule has 0 aromatic carbocycles. The van der Waals surface area contributed by atoms with E-state index in [0.29, 0.717) is 64.5 Å². The summed E-state index contributed by atoms with van der Waals surface area (Å²) in [7, 11) is 0. The Morgan fingerprint density at radius 2 is 2.04 bits per heavy atom. The number of ether oxygens (including phenoxy) is 2. The molecule has 27 heavy (non-hydrogen) atoms. The molecular weight excluding hydrogens is 355 g/mol. The normalized spacial score (nSPS) is 22.3. The minimum atomic E-state index is -0.428. The number of carbonyl (C=O) groups is 2. The first kappa shape index (κ1) is 18.0. The largest absolute Gasteiger partial charge is 0.448 e. The third-order valence-electron chi connectivity index (χ3n) is 5.54. The van der Waals surface area contributed by atoms with Crippen molar-refractivity contribution in [3.63, 3.8) is 0 Å². The zero-order chi connectivity index (χ0) is 18.9. The standard InChI is InChI=1S/C18H23FN4O4/c19-14-11-20-4-1-15(14)23-8-10-27-18(13-23)2-5-21(6-3-18)16(24)12-22-7-9-26-17(22)25/h1,4,11H,2-3,5-10,12-13H2. The van der Waals surface area contributed by atoms with Crippen LogP contribution >= 0.6 is 0 Å². The van der Waals surface area contributed by atoms with E-state index >= 15 is 0 Å². The molecule has 1 spiro atoms. The van der Waals surface area contributed by atoms with E-state index in [9.17, 15) is 14.0 Å². The molecule has 3 fully saturated rings. The van der Waals surface area contributed by atoms with E-state index in [1.165, 1.54) is 11.1 Å². The van der Waals surface area contributed by atoms with Gasteiger partial charge in [-0.05, 0) is 18.9 Å². The van der Waals surface area contributed by atoms with E-state index in [-0.39, 0.29) is 23.9 Å². The molecule has 0 atom stereocenters. The number of likely N-dealkylation sites (tertiary alicyclic amines) is 1. The van der Waals surface area contributed by atoms with E-state index < -0.39 is 6.09 Å². The molecule has 3 saturated heterocycles. The molecule has 4 rings (SSSR count). The molecule has 0 radical (unpaired) electrons. The molecule has 0 unspecified atom stereocenters. The monoisotopic (exact) mass is 378 g/mol. The quantitative estimate of drug-likeness (QED) is 0.777. The van der Waals surface area contributed by atoms with Gasteiger partial charge in [0.25, 0.3) is 0 Å². The zero-order valence-electron chi connectivity index (χ0n) is 15.1. The minimum Gasteiger partial charge on any atom is -0.448 e. The summed E-state index contributed by atoms with van der Waals surface area (Å²) in [6.45, 7) is 3.72. The number of halogens is 1. The van der Waals surface area contributed by atoms with Crippen LogP contribution < -0.4 is 4.90 Å². The fourth-order valence-corrected chi connectivity index (χ4v) is 3.97. The van der Waals surface area contributed by atoms with Gasteiger partial charge in [-0.25, -0.2) is 9.18 Å². The van der Waals surface area contributed by atoms with Crippen molar-refractivity contribution in [2.45, 2.75) is 18.4 Å². The van der Waals surface area contributed by atoms with Crippen molar-refractivity contribution in [1.82, 2.24) is 14.8 Å². The highest BCUT2D eigenvalue weighted by Crippen LogP contribution is 2.33. The predicted octanol–water partition coefficient (Wildman–Crippen LogP) is 0.871. The molecule has 1 aromatic heterocycles. The van der Waals surface area contributed by atoms with Crippen LogP contribution in [0.5, 0.6) is 0 Å². The summed E-state index contributed by atoms with van der Waals surface area (Å²) in [5.74, 6) is -0.406. The second kappa shape index (κ2) is 7.30. The Morgan fingerprint density at radius 1 is 1.22 bits per heavy atom. The van der Waals surface area contributed by atoms with Crippen molar-refractivity contribution in [2.75, 3.05) is 57.4 Å². The number of pyridine rings is 1. The van der Waals surface area contributed by atoms with Crippen molar-refractivity contribution in [3.05, 3.63) is 24.3 Å². The number of rotatable bonds is 3. The average molecular weight is 378 g/mol. The molecule has 1 aromatic rings. The fraction of sp³-hybridized carbons (Fsp3) is 0.611. The highest BCUT2D eigenvalue weighted by Gasteiger charge is 2.41. The maximum atomic E-state index is 14.1. The Bertz CT molecular complexity index is 723. The molecule has 3 aliphatic heterocycles. The number of piperidine rings is 1. The van der Waals surface area contributed by atoms with Gasteiger partial charge in [-0.3, -0.25) is 14.7 Å². The highest BCUT2D eigenvalue weighted by molar-refractivity contribution is 5.83. The van der Waals surface area contributed by atoms with E-state index in [1.54, 1.807) is 17.2 Å². The molecule has 0 N–H and O–H groups in total. The molecule has 0 aliphatic carbocycles. The second-order valence-corrected chi connectivity index (χ2v) is 7.20.